The monoisotopic (exact) mass is 673 g/mol. The molecule has 0 unspecified atom stereocenters. The minimum absolute atomic E-state index is 1.20. The van der Waals surface area contributed by atoms with Crippen molar-refractivity contribution in [2.24, 2.45) is 11.7 Å². The van der Waals surface area contributed by atoms with Crippen LogP contribution in [0.3, 0.4) is 0 Å². The lowest BCUT2D eigenvalue weighted by Gasteiger charge is -2.15. The van der Waals surface area contributed by atoms with Gasteiger partial charge < -0.3 is 4.57 Å². The van der Waals surface area contributed by atoms with Crippen LogP contribution in [0.2, 0.25) is 0 Å². The van der Waals surface area contributed by atoms with Crippen molar-refractivity contribution in [1.29, 1.82) is 0 Å². The van der Waals surface area contributed by atoms with Gasteiger partial charge in [0.1, 0.15) is 0 Å². The summed E-state index contributed by atoms with van der Waals surface area (Å²) in [7, 11) is 0. The molecule has 0 spiro atoms. The van der Waals surface area contributed by atoms with Crippen molar-refractivity contribution in [3.05, 3.63) is 199 Å². The van der Waals surface area contributed by atoms with E-state index in [2.05, 4.69) is 183 Å². The molecular formula is C49H43N3. The van der Waals surface area contributed by atoms with Crippen LogP contribution in [0.4, 0.5) is 0 Å². The van der Waals surface area contributed by atoms with Gasteiger partial charge in [-0.2, -0.15) is 0 Å². The molecule has 0 radical (unpaired) electrons. The van der Waals surface area contributed by atoms with Crippen LogP contribution in [0.15, 0.2) is 182 Å². The summed E-state index contributed by atoms with van der Waals surface area (Å²) < 4.78 is 2.48. The van der Waals surface area contributed by atoms with Crippen LogP contribution in [0, 0.1) is 20.8 Å². The number of nitrogens with two attached hydrogens (primary N) is 2. The Labute approximate surface area is 305 Å². The second kappa shape index (κ2) is 15.3. The number of aromatic nitrogens is 1. The van der Waals surface area contributed by atoms with Crippen molar-refractivity contribution in [2.45, 2.75) is 20.8 Å². The Balaban J connectivity index is 0.000000219. The average molecular weight is 674 g/mol. The van der Waals surface area contributed by atoms with Crippen molar-refractivity contribution < 1.29 is 0 Å². The Hall–Kier alpha value is -6.26. The Morgan fingerprint density at radius 1 is 0.365 bits per heavy atom. The summed E-state index contributed by atoms with van der Waals surface area (Å²) in [4.78, 5) is 0. The number of fused-ring (bicyclic) bond motifs is 11. The lowest BCUT2D eigenvalue weighted by molar-refractivity contribution is 1.19. The van der Waals surface area contributed by atoms with Gasteiger partial charge in [0.25, 0.3) is 0 Å². The molecule has 52 heavy (non-hydrogen) atoms. The van der Waals surface area contributed by atoms with Crippen LogP contribution in [-0.4, -0.2) is 4.57 Å². The molecule has 10 rings (SSSR count). The zero-order valence-corrected chi connectivity index (χ0v) is 29.9. The van der Waals surface area contributed by atoms with E-state index in [4.69, 9.17) is 0 Å². The molecule has 0 amide bonds. The molecule has 4 N–H and O–H groups in total. The molecule has 0 aliphatic carbocycles. The predicted octanol–water partition coefficient (Wildman–Crippen LogP) is 12.5. The number of hydrazine groups is 1. The molecule has 0 bridgehead atoms. The van der Waals surface area contributed by atoms with E-state index in [0.29, 0.717) is 0 Å². The summed E-state index contributed by atoms with van der Waals surface area (Å²) in [6.45, 7) is 6.40. The summed E-state index contributed by atoms with van der Waals surface area (Å²) in [5, 5.41) is 13.1. The minimum Gasteiger partial charge on any atom is -0.309 e. The SMILES string of the molecule is Cc1cc2c3ccccc3c3c(c4ccccc4n3-c3ccc4ccccc4c3)c2c2ccccc12.Cc1ccccc1.Cc1ccccc1.NN. The smallest absolute Gasteiger partial charge is 0.0626 e. The van der Waals surface area contributed by atoms with Gasteiger partial charge in [-0.15, -0.1) is 0 Å². The average Bonchev–Trinajstić information content (AvgIpc) is 3.55. The van der Waals surface area contributed by atoms with Gasteiger partial charge in [-0.05, 0) is 76.9 Å². The van der Waals surface area contributed by atoms with Crippen molar-refractivity contribution in [3.8, 4) is 5.69 Å². The molecule has 0 aliphatic rings. The van der Waals surface area contributed by atoms with E-state index in [1.165, 1.54) is 87.3 Å². The van der Waals surface area contributed by atoms with Gasteiger partial charge in [0.15, 0.2) is 0 Å². The molecule has 0 saturated heterocycles. The fraction of sp³-hybridized carbons (Fsp3) is 0.0612. The maximum atomic E-state index is 4.00. The lowest BCUT2D eigenvalue weighted by atomic mass is 9.91. The van der Waals surface area contributed by atoms with Gasteiger partial charge in [0, 0.05) is 27.2 Å². The highest BCUT2D eigenvalue weighted by atomic mass is 15.0. The standard InChI is InChI=1S/C35H23N.2C7H8.H4N2/c1-22-20-31-27-13-5-7-15-29(27)35-34(33(31)28-14-6-4-12-26(22)28)30-16-8-9-17-32(30)36(35)25-19-18-23-10-2-3-11-24(23)21-25;2*1-7-5-3-2-4-6-7;1-2/h2-21H,1H3;2*2-6H,1H3;1-2H2. The summed E-state index contributed by atoms with van der Waals surface area (Å²) >= 11 is 0. The third kappa shape index (κ3) is 6.52. The molecular weight excluding hydrogens is 631 g/mol. The molecule has 9 aromatic carbocycles. The minimum atomic E-state index is 1.20. The molecule has 3 nitrogen and oxygen atoms in total. The first-order valence-corrected chi connectivity index (χ1v) is 17.7. The maximum Gasteiger partial charge on any atom is 0.0626 e. The number of hydrogen-bond donors (Lipinski definition) is 2. The largest absolute Gasteiger partial charge is 0.309 e. The summed E-state index contributed by atoms with van der Waals surface area (Å²) in [5.74, 6) is 8.00. The van der Waals surface area contributed by atoms with E-state index in [1.54, 1.807) is 0 Å². The van der Waals surface area contributed by atoms with E-state index in [9.17, 15) is 0 Å². The van der Waals surface area contributed by atoms with Crippen molar-refractivity contribution >= 4 is 64.9 Å². The highest BCUT2D eigenvalue weighted by Gasteiger charge is 2.20. The maximum absolute atomic E-state index is 4.00. The predicted molar refractivity (Wildman–Crippen MR) is 226 cm³/mol. The Morgan fingerprint density at radius 2 is 0.865 bits per heavy atom. The molecule has 3 heteroatoms. The fourth-order valence-electron chi connectivity index (χ4n) is 7.36. The Kier molecular flexibility index (Phi) is 10.1. The van der Waals surface area contributed by atoms with E-state index in [-0.39, 0.29) is 0 Å². The molecule has 0 saturated carbocycles. The van der Waals surface area contributed by atoms with E-state index >= 15 is 0 Å². The molecule has 0 aliphatic heterocycles. The van der Waals surface area contributed by atoms with Gasteiger partial charge in [-0.25, -0.2) is 0 Å². The number of para-hydroxylation sites is 1. The van der Waals surface area contributed by atoms with E-state index in [1.807, 2.05) is 36.4 Å². The molecule has 254 valence electrons. The zero-order valence-electron chi connectivity index (χ0n) is 29.9. The van der Waals surface area contributed by atoms with E-state index in [0.717, 1.165) is 0 Å². The third-order valence-electron chi connectivity index (χ3n) is 9.72. The second-order valence-corrected chi connectivity index (χ2v) is 13.1. The second-order valence-electron chi connectivity index (χ2n) is 13.1. The van der Waals surface area contributed by atoms with Crippen LogP contribution >= 0.6 is 0 Å². The number of hydrogen-bond acceptors (Lipinski definition) is 2. The number of benzene rings is 9. The van der Waals surface area contributed by atoms with Gasteiger partial charge in [0.2, 0.25) is 0 Å². The van der Waals surface area contributed by atoms with Gasteiger partial charge in [-0.3, -0.25) is 11.7 Å². The molecule has 1 heterocycles. The number of aryl methyl sites for hydroxylation is 3. The fourth-order valence-corrected chi connectivity index (χ4v) is 7.36. The quantitative estimate of drug-likeness (QED) is 0.103. The van der Waals surface area contributed by atoms with Gasteiger partial charge in [-0.1, -0.05) is 175 Å². The van der Waals surface area contributed by atoms with Crippen LogP contribution in [0.25, 0.3) is 70.6 Å². The highest BCUT2D eigenvalue weighted by molar-refractivity contribution is 6.37. The van der Waals surface area contributed by atoms with Gasteiger partial charge >= 0.3 is 0 Å². The molecule has 0 fully saturated rings. The summed E-state index contributed by atoms with van der Waals surface area (Å²) in [6.07, 6.45) is 0. The van der Waals surface area contributed by atoms with Crippen molar-refractivity contribution in [2.75, 3.05) is 0 Å². The Morgan fingerprint density at radius 3 is 1.48 bits per heavy atom. The normalized spacial score (nSPS) is 10.8. The third-order valence-corrected chi connectivity index (χ3v) is 9.72. The zero-order chi connectivity index (χ0) is 36.0. The molecule has 1 aromatic heterocycles. The number of nitrogens with zero attached hydrogens (tertiary/aromatic N) is 1. The lowest BCUT2D eigenvalue weighted by Crippen LogP contribution is -2.02. The van der Waals surface area contributed by atoms with Crippen LogP contribution in [0.1, 0.15) is 16.7 Å². The first-order chi connectivity index (χ1) is 25.6. The highest BCUT2D eigenvalue weighted by Crippen LogP contribution is 2.45. The summed E-state index contributed by atoms with van der Waals surface area (Å²) in [6, 6.07) is 65.0. The number of rotatable bonds is 1. The Bertz CT molecular complexity index is 2740. The summed E-state index contributed by atoms with van der Waals surface area (Å²) in [5.41, 5.74) is 7.68. The van der Waals surface area contributed by atoms with Crippen LogP contribution < -0.4 is 11.7 Å². The van der Waals surface area contributed by atoms with Crippen molar-refractivity contribution in [3.63, 3.8) is 0 Å². The van der Waals surface area contributed by atoms with Crippen molar-refractivity contribution in [1.82, 2.24) is 4.57 Å². The first kappa shape index (κ1) is 34.2. The molecule has 0 atom stereocenters. The van der Waals surface area contributed by atoms with Gasteiger partial charge in [0.05, 0.1) is 11.0 Å². The first-order valence-electron chi connectivity index (χ1n) is 17.7. The van der Waals surface area contributed by atoms with E-state index < -0.39 is 0 Å². The molecule has 10 aromatic rings. The van der Waals surface area contributed by atoms with Crippen LogP contribution in [0.5, 0.6) is 0 Å². The van der Waals surface area contributed by atoms with Crippen LogP contribution in [-0.2, 0) is 0 Å². The topological polar surface area (TPSA) is 57.0 Å².